The van der Waals surface area contributed by atoms with Crippen LogP contribution in [0.25, 0.3) is 0 Å². The van der Waals surface area contributed by atoms with Crippen LogP contribution in [0.15, 0.2) is 6.33 Å². The molecule has 0 radical (unpaired) electrons. The number of hydrogen-bond acceptors (Lipinski definition) is 5. The zero-order valence-corrected chi connectivity index (χ0v) is 11.3. The number of nitrogens with one attached hydrogen (secondary N) is 1. The lowest BCUT2D eigenvalue weighted by atomic mass is 10.1. The van der Waals surface area contributed by atoms with Crippen LogP contribution in [0.5, 0.6) is 0 Å². The topological polar surface area (TPSA) is 67.1 Å². The summed E-state index contributed by atoms with van der Waals surface area (Å²) < 4.78 is 0. The molecule has 2 heterocycles. The van der Waals surface area contributed by atoms with Gasteiger partial charge >= 0.3 is 0 Å². The summed E-state index contributed by atoms with van der Waals surface area (Å²) in [4.78, 5) is 10.7. The molecule has 100 valence electrons. The Bertz CT molecular complexity index is 387. The molecule has 1 aliphatic rings. The number of piperidine rings is 1. The molecular weight excluding hydrogens is 226 g/mol. The molecule has 1 aromatic rings. The average molecular weight is 249 g/mol. The van der Waals surface area contributed by atoms with Crippen LogP contribution in [-0.2, 0) is 0 Å². The molecule has 1 unspecified atom stereocenters. The van der Waals surface area contributed by atoms with Gasteiger partial charge in [-0.25, -0.2) is 9.97 Å². The molecule has 1 atom stereocenters. The number of rotatable bonds is 4. The van der Waals surface area contributed by atoms with Gasteiger partial charge in [0.05, 0.1) is 0 Å². The molecule has 2 rings (SSSR count). The van der Waals surface area contributed by atoms with E-state index in [1.54, 1.807) is 0 Å². The van der Waals surface area contributed by atoms with Crippen molar-refractivity contribution in [3.05, 3.63) is 11.9 Å². The van der Waals surface area contributed by atoms with Crippen molar-refractivity contribution in [3.8, 4) is 0 Å². The quantitative estimate of drug-likeness (QED) is 0.849. The van der Waals surface area contributed by atoms with E-state index in [2.05, 4.69) is 27.1 Å². The molecule has 0 aromatic carbocycles. The Hall–Kier alpha value is -1.36. The van der Waals surface area contributed by atoms with Gasteiger partial charge in [-0.15, -0.1) is 0 Å². The Morgan fingerprint density at radius 2 is 2.06 bits per heavy atom. The molecule has 0 saturated carbocycles. The molecule has 1 aromatic heterocycles. The van der Waals surface area contributed by atoms with Crippen molar-refractivity contribution in [2.75, 3.05) is 30.7 Å². The average Bonchev–Trinajstić information content (AvgIpc) is 2.41. The molecular formula is C13H23N5. The molecule has 18 heavy (non-hydrogen) atoms. The van der Waals surface area contributed by atoms with Gasteiger partial charge in [-0.2, -0.15) is 0 Å². The smallest absolute Gasteiger partial charge is 0.134 e. The summed E-state index contributed by atoms with van der Waals surface area (Å²) >= 11 is 0. The Kier molecular flexibility index (Phi) is 4.36. The highest BCUT2D eigenvalue weighted by molar-refractivity contribution is 5.53. The Morgan fingerprint density at radius 3 is 2.78 bits per heavy atom. The molecule has 1 aliphatic heterocycles. The lowest BCUT2D eigenvalue weighted by molar-refractivity contribution is 0.180. The van der Waals surface area contributed by atoms with Gasteiger partial charge in [0.25, 0.3) is 0 Å². The van der Waals surface area contributed by atoms with E-state index < -0.39 is 0 Å². The minimum Gasteiger partial charge on any atom is -0.383 e. The van der Waals surface area contributed by atoms with Gasteiger partial charge in [-0.1, -0.05) is 6.42 Å². The minimum atomic E-state index is 0.529. The first kappa shape index (κ1) is 13.1. The maximum Gasteiger partial charge on any atom is 0.134 e. The first-order chi connectivity index (χ1) is 8.68. The van der Waals surface area contributed by atoms with Gasteiger partial charge in [0.15, 0.2) is 0 Å². The largest absolute Gasteiger partial charge is 0.383 e. The second-order valence-corrected chi connectivity index (χ2v) is 5.06. The lowest BCUT2D eigenvalue weighted by Crippen LogP contribution is -2.41. The monoisotopic (exact) mass is 249 g/mol. The highest BCUT2D eigenvalue weighted by atomic mass is 15.2. The van der Waals surface area contributed by atoms with E-state index in [1.165, 1.54) is 38.7 Å². The number of hydrogen-bond donors (Lipinski definition) is 2. The van der Waals surface area contributed by atoms with Crippen LogP contribution in [0, 0.1) is 6.92 Å². The third kappa shape index (κ3) is 3.10. The van der Waals surface area contributed by atoms with Crippen molar-refractivity contribution in [2.45, 2.75) is 39.2 Å². The van der Waals surface area contributed by atoms with E-state index in [0.29, 0.717) is 11.9 Å². The van der Waals surface area contributed by atoms with Crippen molar-refractivity contribution in [3.63, 3.8) is 0 Å². The summed E-state index contributed by atoms with van der Waals surface area (Å²) in [6, 6.07) is 0.529. The van der Waals surface area contributed by atoms with Crippen LogP contribution in [0.1, 0.15) is 31.7 Å². The second-order valence-electron chi connectivity index (χ2n) is 5.06. The standard InChI is InChI=1S/C13H23N5/c1-10(18-6-4-3-5-7-18)8-15-13-11(2)12(14)16-9-17-13/h9-10H,3-8H2,1-2H3,(H3,14,15,16,17). The van der Waals surface area contributed by atoms with Crippen molar-refractivity contribution < 1.29 is 0 Å². The van der Waals surface area contributed by atoms with Gasteiger partial charge in [0, 0.05) is 18.2 Å². The maximum absolute atomic E-state index is 5.77. The highest BCUT2D eigenvalue weighted by Gasteiger charge is 2.16. The zero-order chi connectivity index (χ0) is 13.0. The van der Waals surface area contributed by atoms with E-state index >= 15 is 0 Å². The third-order valence-electron chi connectivity index (χ3n) is 3.70. The van der Waals surface area contributed by atoms with Crippen LogP contribution in [0.2, 0.25) is 0 Å². The number of nitrogen functional groups attached to an aromatic ring is 1. The summed E-state index contributed by atoms with van der Waals surface area (Å²) in [5.74, 6) is 1.41. The van der Waals surface area contributed by atoms with Crippen molar-refractivity contribution >= 4 is 11.6 Å². The molecule has 1 saturated heterocycles. The van der Waals surface area contributed by atoms with E-state index in [4.69, 9.17) is 5.73 Å². The van der Waals surface area contributed by atoms with Crippen molar-refractivity contribution in [2.24, 2.45) is 0 Å². The molecule has 0 amide bonds. The van der Waals surface area contributed by atoms with E-state index in [-0.39, 0.29) is 0 Å². The molecule has 0 bridgehead atoms. The number of anilines is 2. The molecule has 0 aliphatic carbocycles. The fourth-order valence-electron chi connectivity index (χ4n) is 2.37. The normalized spacial score (nSPS) is 18.6. The molecule has 0 spiro atoms. The number of aromatic nitrogens is 2. The minimum absolute atomic E-state index is 0.529. The van der Waals surface area contributed by atoms with Gasteiger partial charge < -0.3 is 11.1 Å². The first-order valence-corrected chi connectivity index (χ1v) is 6.73. The predicted molar refractivity (Wildman–Crippen MR) is 74.6 cm³/mol. The molecule has 5 heteroatoms. The summed E-state index contributed by atoms with van der Waals surface area (Å²) in [5.41, 5.74) is 6.70. The highest BCUT2D eigenvalue weighted by Crippen LogP contribution is 2.16. The van der Waals surface area contributed by atoms with Crippen LogP contribution in [-0.4, -0.2) is 40.5 Å². The Labute approximate surface area is 109 Å². The molecule has 1 fully saturated rings. The first-order valence-electron chi connectivity index (χ1n) is 6.73. The number of likely N-dealkylation sites (tertiary alicyclic amines) is 1. The molecule has 5 nitrogen and oxygen atoms in total. The fraction of sp³-hybridized carbons (Fsp3) is 0.692. The van der Waals surface area contributed by atoms with Crippen LogP contribution < -0.4 is 11.1 Å². The lowest BCUT2D eigenvalue weighted by Gasteiger charge is -2.32. The fourth-order valence-corrected chi connectivity index (χ4v) is 2.37. The second kappa shape index (κ2) is 6.00. The van der Waals surface area contributed by atoms with Crippen molar-refractivity contribution in [1.82, 2.24) is 14.9 Å². The van der Waals surface area contributed by atoms with Crippen LogP contribution >= 0.6 is 0 Å². The van der Waals surface area contributed by atoms with Gasteiger partial charge in [0.1, 0.15) is 18.0 Å². The summed E-state index contributed by atoms with van der Waals surface area (Å²) in [5, 5.41) is 3.38. The Morgan fingerprint density at radius 1 is 1.33 bits per heavy atom. The maximum atomic E-state index is 5.77. The van der Waals surface area contributed by atoms with E-state index in [0.717, 1.165) is 17.9 Å². The SMILES string of the molecule is Cc1c(N)ncnc1NCC(C)N1CCCCC1. The van der Waals surface area contributed by atoms with Crippen LogP contribution in [0.4, 0.5) is 11.6 Å². The summed E-state index contributed by atoms with van der Waals surface area (Å²) in [6.07, 6.45) is 5.53. The zero-order valence-electron chi connectivity index (χ0n) is 11.3. The van der Waals surface area contributed by atoms with E-state index in [9.17, 15) is 0 Å². The summed E-state index contributed by atoms with van der Waals surface area (Å²) in [7, 11) is 0. The summed E-state index contributed by atoms with van der Waals surface area (Å²) in [6.45, 7) is 7.54. The van der Waals surface area contributed by atoms with Crippen molar-refractivity contribution in [1.29, 1.82) is 0 Å². The van der Waals surface area contributed by atoms with Gasteiger partial charge in [-0.05, 0) is 39.8 Å². The number of nitrogens with two attached hydrogens (primary N) is 1. The third-order valence-corrected chi connectivity index (χ3v) is 3.70. The number of nitrogens with zero attached hydrogens (tertiary/aromatic N) is 3. The van der Waals surface area contributed by atoms with Crippen LogP contribution in [0.3, 0.4) is 0 Å². The van der Waals surface area contributed by atoms with E-state index in [1.807, 2.05) is 6.92 Å². The van der Waals surface area contributed by atoms with Gasteiger partial charge in [0.2, 0.25) is 0 Å². The predicted octanol–water partition coefficient (Wildman–Crippen LogP) is 1.65. The Balaban J connectivity index is 1.88. The van der Waals surface area contributed by atoms with Gasteiger partial charge in [-0.3, -0.25) is 4.90 Å². The molecule has 3 N–H and O–H groups in total.